The van der Waals surface area contributed by atoms with Crippen molar-refractivity contribution < 1.29 is 4.79 Å². The summed E-state index contributed by atoms with van der Waals surface area (Å²) >= 11 is 3.56. The molecule has 0 spiro atoms. The van der Waals surface area contributed by atoms with E-state index in [9.17, 15) is 4.79 Å². The van der Waals surface area contributed by atoms with Gasteiger partial charge in [0.2, 0.25) is 0 Å². The molecule has 156 valence electrons. The number of halogens is 1. The second-order valence-corrected chi connectivity index (χ2v) is 16.0. The molecule has 0 aromatic heterocycles. The number of ketones is 1. The first-order valence-corrected chi connectivity index (χ1v) is 13.8. The van der Waals surface area contributed by atoms with Crippen molar-refractivity contribution in [2.24, 2.45) is 0 Å². The van der Waals surface area contributed by atoms with Gasteiger partial charge in [0.1, 0.15) is 0 Å². The van der Waals surface area contributed by atoms with Gasteiger partial charge >= 0.3 is 0 Å². The highest BCUT2D eigenvalue weighted by atomic mass is 79.9. The van der Waals surface area contributed by atoms with E-state index in [0.29, 0.717) is 22.7 Å². The maximum Gasteiger partial charge on any atom is 0.194 e. The molecule has 1 aliphatic rings. The molecule has 0 radical (unpaired) electrons. The van der Waals surface area contributed by atoms with E-state index in [1.54, 1.807) is 0 Å². The zero-order valence-corrected chi connectivity index (χ0v) is 21.4. The number of hydrogen-bond donors (Lipinski definition) is 0. The Balaban J connectivity index is 2.17. The first kappa shape index (κ1) is 22.3. The average Bonchev–Trinajstić information content (AvgIpc) is 2.98. The van der Waals surface area contributed by atoms with Gasteiger partial charge < -0.3 is 4.57 Å². The Bertz CT molecular complexity index is 884. The molecule has 1 aliphatic heterocycles. The molecule has 3 rings (SSSR count). The van der Waals surface area contributed by atoms with Crippen molar-refractivity contribution in [1.82, 2.24) is 0 Å². The highest BCUT2D eigenvalue weighted by Gasteiger charge is 2.52. The van der Waals surface area contributed by atoms with E-state index >= 15 is 0 Å². The van der Waals surface area contributed by atoms with Crippen LogP contribution >= 0.6 is 15.9 Å². The second kappa shape index (κ2) is 8.39. The van der Waals surface area contributed by atoms with Crippen molar-refractivity contribution in [3.05, 3.63) is 63.6 Å². The van der Waals surface area contributed by atoms with Crippen molar-refractivity contribution in [3.8, 4) is 0 Å². The third kappa shape index (κ3) is 3.52. The second-order valence-electron chi connectivity index (χ2n) is 9.39. The summed E-state index contributed by atoms with van der Waals surface area (Å²) in [7, 11) is -1.84. The molecule has 0 saturated carbocycles. The molecular weight excluding hydrogens is 438 g/mol. The summed E-state index contributed by atoms with van der Waals surface area (Å²) in [5, 5.41) is 0. The summed E-state index contributed by atoms with van der Waals surface area (Å²) in [6.07, 6.45) is 0.947. The van der Waals surface area contributed by atoms with E-state index in [-0.39, 0.29) is 5.78 Å². The first-order valence-electron chi connectivity index (χ1n) is 10.8. The quantitative estimate of drug-likeness (QED) is 0.319. The first-order chi connectivity index (χ1) is 13.6. The molecule has 29 heavy (non-hydrogen) atoms. The Hall–Kier alpha value is -1.39. The van der Waals surface area contributed by atoms with Gasteiger partial charge in [-0.05, 0) is 53.7 Å². The Kier molecular flexibility index (Phi) is 6.45. The van der Waals surface area contributed by atoms with Gasteiger partial charge in [-0.25, -0.2) is 0 Å². The molecule has 2 nitrogen and oxygen atoms in total. The van der Waals surface area contributed by atoms with E-state index in [0.717, 1.165) is 22.0 Å². The molecule has 0 bridgehead atoms. The highest BCUT2D eigenvalue weighted by molar-refractivity contribution is 9.10. The highest BCUT2D eigenvalue weighted by Crippen LogP contribution is 2.50. The maximum absolute atomic E-state index is 13.5. The zero-order chi connectivity index (χ0) is 21.5. The fourth-order valence-corrected chi connectivity index (χ4v) is 13.7. The largest absolute Gasteiger partial charge is 0.394 e. The summed E-state index contributed by atoms with van der Waals surface area (Å²) in [4.78, 5) is 13.5. The van der Waals surface area contributed by atoms with Crippen molar-refractivity contribution in [3.63, 3.8) is 0 Å². The predicted octanol–water partition coefficient (Wildman–Crippen LogP) is 7.61. The van der Waals surface area contributed by atoms with Crippen molar-refractivity contribution >= 4 is 35.6 Å². The van der Waals surface area contributed by atoms with Gasteiger partial charge in [-0.15, -0.1) is 0 Å². The summed E-state index contributed by atoms with van der Waals surface area (Å²) in [5.74, 6) is 0.120. The van der Waals surface area contributed by atoms with E-state index in [1.807, 2.05) is 30.3 Å². The minimum Gasteiger partial charge on any atom is -0.394 e. The number of carbonyl (C=O) groups is 1. The van der Waals surface area contributed by atoms with Crippen molar-refractivity contribution in [1.29, 1.82) is 0 Å². The van der Waals surface area contributed by atoms with Crippen LogP contribution in [0.25, 0.3) is 0 Å². The van der Waals surface area contributed by atoms with Crippen molar-refractivity contribution in [2.75, 3.05) is 4.57 Å². The van der Waals surface area contributed by atoms with Crippen LogP contribution in [0.5, 0.6) is 0 Å². The fourth-order valence-electron chi connectivity index (χ4n) is 6.07. The number of fused-ring (bicyclic) bond motifs is 1. The minimum absolute atomic E-state index is 0.120. The molecule has 2 aromatic rings. The Morgan fingerprint density at radius 3 is 2.03 bits per heavy atom. The van der Waals surface area contributed by atoms with Crippen LogP contribution in [-0.2, 0) is 6.42 Å². The maximum atomic E-state index is 13.5. The SMILES string of the molecule is CC(C)[Si](C(C)C)(C(C)C)N1c2cccc(C(=O)c3ccccc3Br)c2C[C@H]1C. The number of hydrogen-bond acceptors (Lipinski definition) is 2. The predicted molar refractivity (Wildman–Crippen MR) is 131 cm³/mol. The Morgan fingerprint density at radius 1 is 0.931 bits per heavy atom. The Morgan fingerprint density at radius 2 is 1.48 bits per heavy atom. The lowest BCUT2D eigenvalue weighted by atomic mass is 9.96. The normalized spacial score (nSPS) is 16.8. The van der Waals surface area contributed by atoms with Crippen LogP contribution < -0.4 is 4.57 Å². The summed E-state index contributed by atoms with van der Waals surface area (Å²) in [6, 6.07) is 14.5. The third-order valence-electron chi connectivity index (χ3n) is 6.91. The van der Waals surface area contributed by atoms with Crippen LogP contribution in [-0.4, -0.2) is 20.1 Å². The smallest absolute Gasteiger partial charge is 0.194 e. The molecule has 1 atom stereocenters. The van der Waals surface area contributed by atoms with Gasteiger partial charge in [0, 0.05) is 27.3 Å². The molecule has 0 amide bonds. The molecule has 4 heteroatoms. The fraction of sp³-hybridized carbons (Fsp3) is 0.480. The molecule has 0 N–H and O–H groups in total. The summed E-state index contributed by atoms with van der Waals surface area (Å²) in [5.41, 5.74) is 6.06. The van der Waals surface area contributed by atoms with Gasteiger partial charge in [0.25, 0.3) is 0 Å². The van der Waals surface area contributed by atoms with Gasteiger partial charge in [-0.1, -0.05) is 81.7 Å². The monoisotopic (exact) mass is 471 g/mol. The standard InChI is InChI=1S/C25H34BrNOSi/c1-16(2)29(17(3)4,18(5)6)27-19(7)15-22-20(12-10-14-24(22)27)25(28)21-11-8-9-13-23(21)26/h8-14,16-19H,15H2,1-7H3/t19-/m1/s1. The molecule has 1 heterocycles. The van der Waals surface area contributed by atoms with Gasteiger partial charge in [-0.2, -0.15) is 0 Å². The lowest BCUT2D eigenvalue weighted by Gasteiger charge is -2.53. The molecule has 0 saturated heterocycles. The van der Waals surface area contributed by atoms with Crippen LogP contribution in [0.15, 0.2) is 46.9 Å². The molecule has 2 aromatic carbocycles. The number of benzene rings is 2. The zero-order valence-electron chi connectivity index (χ0n) is 18.8. The lowest BCUT2D eigenvalue weighted by Crippen LogP contribution is -2.62. The van der Waals surface area contributed by atoms with Crippen LogP contribution in [0.3, 0.4) is 0 Å². The lowest BCUT2D eigenvalue weighted by molar-refractivity contribution is 0.103. The average molecular weight is 473 g/mol. The van der Waals surface area contributed by atoms with Crippen molar-refractivity contribution in [2.45, 2.75) is 77.6 Å². The minimum atomic E-state index is -1.84. The van der Waals surface area contributed by atoms with Crippen LogP contribution in [0.1, 0.15) is 70.0 Å². The molecule has 0 unspecified atom stereocenters. The Labute approximate surface area is 185 Å². The van der Waals surface area contributed by atoms with Gasteiger partial charge in [0.15, 0.2) is 14.0 Å². The van der Waals surface area contributed by atoms with Gasteiger partial charge in [-0.3, -0.25) is 4.79 Å². The topological polar surface area (TPSA) is 20.3 Å². The molecule has 0 aliphatic carbocycles. The summed E-state index contributed by atoms with van der Waals surface area (Å²) in [6.45, 7) is 16.8. The van der Waals surface area contributed by atoms with E-state index < -0.39 is 8.24 Å². The van der Waals surface area contributed by atoms with Crippen LogP contribution in [0.4, 0.5) is 5.69 Å². The van der Waals surface area contributed by atoms with E-state index in [1.165, 1.54) is 11.3 Å². The number of rotatable bonds is 6. The number of nitrogens with zero attached hydrogens (tertiary/aromatic N) is 1. The van der Waals surface area contributed by atoms with Gasteiger partial charge in [0.05, 0.1) is 0 Å². The van der Waals surface area contributed by atoms with Crippen LogP contribution in [0, 0.1) is 0 Å². The number of anilines is 1. The third-order valence-corrected chi connectivity index (χ3v) is 14.7. The van der Waals surface area contributed by atoms with Crippen LogP contribution in [0.2, 0.25) is 16.6 Å². The van der Waals surface area contributed by atoms with E-state index in [4.69, 9.17) is 0 Å². The number of carbonyl (C=O) groups excluding carboxylic acids is 1. The van der Waals surface area contributed by atoms with E-state index in [2.05, 4.69) is 81.1 Å². The molecular formula is C25H34BrNOSi. The molecule has 0 fully saturated rings. The summed E-state index contributed by atoms with van der Waals surface area (Å²) < 4.78 is 3.65.